The molecule has 2 bridgehead atoms. The quantitative estimate of drug-likeness (QED) is 0.479. The van der Waals surface area contributed by atoms with Crippen LogP contribution in [0.3, 0.4) is 0 Å². The summed E-state index contributed by atoms with van der Waals surface area (Å²) in [5.41, 5.74) is 0.880. The van der Waals surface area contributed by atoms with Crippen molar-refractivity contribution in [2.24, 2.45) is 10.8 Å². The van der Waals surface area contributed by atoms with Crippen molar-refractivity contribution in [3.63, 3.8) is 0 Å². The average molecular weight is 545 g/mol. The summed E-state index contributed by atoms with van der Waals surface area (Å²) in [7, 11) is -0.728. The highest BCUT2D eigenvalue weighted by molar-refractivity contribution is 7.89. The average Bonchev–Trinajstić information content (AvgIpc) is 3.14. The molecule has 1 saturated heterocycles. The van der Waals surface area contributed by atoms with Gasteiger partial charge >= 0.3 is 5.97 Å². The Kier molecular flexibility index (Phi) is 7.76. The number of rotatable bonds is 9. The number of ether oxygens (including phenoxy) is 3. The fourth-order valence-electron chi connectivity index (χ4n) is 6.06. The molecule has 10 heteroatoms. The molecular formula is C28H36N2O7S. The van der Waals surface area contributed by atoms with Crippen molar-refractivity contribution in [1.29, 1.82) is 0 Å². The molecule has 206 valence electrons. The van der Waals surface area contributed by atoms with E-state index in [0.717, 1.165) is 24.8 Å². The Morgan fingerprint density at radius 1 is 1.03 bits per heavy atom. The third-order valence-electron chi connectivity index (χ3n) is 7.32. The number of hydrogen-bond acceptors (Lipinski definition) is 7. The molecule has 1 saturated carbocycles. The summed E-state index contributed by atoms with van der Waals surface area (Å²) >= 11 is 0. The smallest absolute Gasteiger partial charge is 0.338 e. The van der Waals surface area contributed by atoms with Crippen LogP contribution in [0.2, 0.25) is 0 Å². The van der Waals surface area contributed by atoms with E-state index in [4.69, 9.17) is 14.2 Å². The minimum Gasteiger partial charge on any atom is -0.493 e. The first kappa shape index (κ1) is 27.9. The Bertz CT molecular complexity index is 1320. The maximum Gasteiger partial charge on any atom is 0.338 e. The van der Waals surface area contributed by atoms with Gasteiger partial charge in [-0.15, -0.1) is 0 Å². The van der Waals surface area contributed by atoms with Crippen molar-refractivity contribution in [2.45, 2.75) is 57.5 Å². The second-order valence-electron chi connectivity index (χ2n) is 11.3. The Balaban J connectivity index is 1.37. The molecule has 1 aliphatic carbocycles. The summed E-state index contributed by atoms with van der Waals surface area (Å²) in [6.45, 7) is 6.71. The van der Waals surface area contributed by atoms with Crippen LogP contribution in [-0.4, -0.2) is 58.0 Å². The largest absolute Gasteiger partial charge is 0.493 e. The summed E-state index contributed by atoms with van der Waals surface area (Å²) in [6.07, 6.45) is 2.63. The number of hydrogen-bond donors (Lipinski definition) is 1. The summed E-state index contributed by atoms with van der Waals surface area (Å²) in [6, 6.07) is 11.0. The number of carbonyl (C=O) groups excluding carboxylic acids is 2. The van der Waals surface area contributed by atoms with Crippen molar-refractivity contribution in [3.8, 4) is 11.5 Å². The van der Waals surface area contributed by atoms with Crippen LogP contribution in [-0.2, 0) is 26.1 Å². The van der Waals surface area contributed by atoms with Gasteiger partial charge in [0.05, 0.1) is 24.7 Å². The molecule has 0 aromatic heterocycles. The Morgan fingerprint density at radius 2 is 1.76 bits per heavy atom. The van der Waals surface area contributed by atoms with E-state index >= 15 is 0 Å². The molecule has 2 fully saturated rings. The van der Waals surface area contributed by atoms with Crippen LogP contribution in [0.15, 0.2) is 47.4 Å². The lowest BCUT2D eigenvalue weighted by molar-refractivity contribution is -0.124. The SMILES string of the molecule is COc1ccc(CNC(=O)COC(=O)c2cccc(S(=O)(=O)N3CC4(C)CC3CC(C)(C)C4)c2)cc1OC. The van der Waals surface area contributed by atoms with Gasteiger partial charge in [-0.1, -0.05) is 32.9 Å². The van der Waals surface area contributed by atoms with E-state index < -0.39 is 28.5 Å². The van der Waals surface area contributed by atoms with Crippen molar-refractivity contribution in [3.05, 3.63) is 53.6 Å². The lowest BCUT2D eigenvalue weighted by Gasteiger charge is -2.39. The number of esters is 1. The number of nitrogens with one attached hydrogen (secondary N) is 1. The Hall–Kier alpha value is -3.11. The lowest BCUT2D eigenvalue weighted by atomic mass is 9.65. The van der Waals surface area contributed by atoms with Crippen LogP contribution in [0.25, 0.3) is 0 Å². The number of benzene rings is 2. The number of nitrogens with zero attached hydrogens (tertiary/aromatic N) is 1. The molecule has 38 heavy (non-hydrogen) atoms. The van der Waals surface area contributed by atoms with E-state index in [0.29, 0.717) is 18.0 Å². The van der Waals surface area contributed by atoms with Gasteiger partial charge in [-0.3, -0.25) is 4.79 Å². The number of amides is 1. The maximum absolute atomic E-state index is 13.6. The highest BCUT2D eigenvalue weighted by atomic mass is 32.2. The number of sulfonamides is 1. The standard InChI is InChI=1S/C28H36N2O7S/c1-27(2)13-21-14-28(3,17-27)18-30(21)38(33,34)22-8-6-7-20(12-22)26(32)37-16-25(31)29-15-19-9-10-23(35-4)24(11-19)36-5/h6-12,21H,13-18H2,1-5H3,(H,29,31). The molecule has 1 amide bonds. The van der Waals surface area contributed by atoms with Gasteiger partial charge in [0.1, 0.15) is 0 Å². The Labute approximate surface area is 224 Å². The molecule has 2 aromatic rings. The zero-order valence-electron chi connectivity index (χ0n) is 22.6. The van der Waals surface area contributed by atoms with Crippen molar-refractivity contribution in [2.75, 3.05) is 27.4 Å². The molecular weight excluding hydrogens is 508 g/mol. The maximum atomic E-state index is 13.6. The van der Waals surface area contributed by atoms with E-state index in [-0.39, 0.29) is 33.9 Å². The van der Waals surface area contributed by atoms with Gasteiger partial charge in [-0.25, -0.2) is 13.2 Å². The lowest BCUT2D eigenvalue weighted by Crippen LogP contribution is -2.37. The predicted octanol–water partition coefficient (Wildman–Crippen LogP) is 3.77. The van der Waals surface area contributed by atoms with E-state index in [1.807, 2.05) is 0 Å². The van der Waals surface area contributed by atoms with Crippen LogP contribution in [0.4, 0.5) is 0 Å². The molecule has 1 N–H and O–H groups in total. The molecule has 9 nitrogen and oxygen atoms in total. The third-order valence-corrected chi connectivity index (χ3v) is 9.21. The first-order valence-corrected chi connectivity index (χ1v) is 14.1. The third kappa shape index (κ3) is 5.96. The van der Waals surface area contributed by atoms with Crippen LogP contribution >= 0.6 is 0 Å². The van der Waals surface area contributed by atoms with Gasteiger partial charge < -0.3 is 19.5 Å². The zero-order valence-corrected chi connectivity index (χ0v) is 23.4. The topological polar surface area (TPSA) is 111 Å². The molecule has 4 rings (SSSR count). The monoisotopic (exact) mass is 544 g/mol. The highest BCUT2D eigenvalue weighted by Crippen LogP contribution is 2.53. The molecule has 2 aromatic carbocycles. The normalized spacial score (nSPS) is 22.5. The van der Waals surface area contributed by atoms with Gasteiger partial charge in [0.2, 0.25) is 10.0 Å². The van der Waals surface area contributed by atoms with Crippen molar-refractivity contribution in [1.82, 2.24) is 9.62 Å². The van der Waals surface area contributed by atoms with Crippen LogP contribution < -0.4 is 14.8 Å². The van der Waals surface area contributed by atoms with E-state index in [2.05, 4.69) is 26.1 Å². The summed E-state index contributed by atoms with van der Waals surface area (Å²) in [4.78, 5) is 25.0. The van der Waals surface area contributed by atoms with Crippen LogP contribution in [0.1, 0.15) is 56.0 Å². The minimum absolute atomic E-state index is 0.0545. The van der Waals surface area contributed by atoms with E-state index in [9.17, 15) is 18.0 Å². The minimum atomic E-state index is -3.79. The molecule has 2 aliphatic rings. The van der Waals surface area contributed by atoms with Crippen LogP contribution in [0.5, 0.6) is 11.5 Å². The van der Waals surface area contributed by atoms with Gasteiger partial charge in [-0.2, -0.15) is 4.31 Å². The molecule has 1 heterocycles. The first-order chi connectivity index (χ1) is 17.9. The molecule has 0 spiro atoms. The van der Waals surface area contributed by atoms with Crippen molar-refractivity contribution < 1.29 is 32.2 Å². The number of carbonyl (C=O) groups is 2. The van der Waals surface area contributed by atoms with Gasteiger partial charge in [-0.05, 0) is 66.0 Å². The van der Waals surface area contributed by atoms with Crippen LogP contribution in [0, 0.1) is 10.8 Å². The van der Waals surface area contributed by atoms with Crippen molar-refractivity contribution >= 4 is 21.9 Å². The van der Waals surface area contributed by atoms with E-state index in [1.165, 1.54) is 38.5 Å². The zero-order chi connectivity index (χ0) is 27.7. The second kappa shape index (κ2) is 10.6. The van der Waals surface area contributed by atoms with E-state index in [1.54, 1.807) is 22.5 Å². The predicted molar refractivity (Wildman–Crippen MR) is 142 cm³/mol. The molecule has 0 radical (unpaired) electrons. The summed E-state index contributed by atoms with van der Waals surface area (Å²) in [5.74, 6) is -0.143. The van der Waals surface area contributed by atoms with Gasteiger partial charge in [0.25, 0.3) is 5.91 Å². The summed E-state index contributed by atoms with van der Waals surface area (Å²) < 4.78 is 44.4. The first-order valence-electron chi connectivity index (χ1n) is 12.6. The highest BCUT2D eigenvalue weighted by Gasteiger charge is 2.53. The number of fused-ring (bicyclic) bond motifs is 2. The molecule has 2 atom stereocenters. The second-order valence-corrected chi connectivity index (χ2v) is 13.2. The fourth-order valence-corrected chi connectivity index (χ4v) is 7.89. The van der Waals surface area contributed by atoms with Gasteiger partial charge in [0.15, 0.2) is 18.1 Å². The fraction of sp³-hybridized carbons (Fsp3) is 0.500. The molecule has 2 unspecified atom stereocenters. The number of methoxy groups -OCH3 is 2. The van der Waals surface area contributed by atoms with Gasteiger partial charge in [0, 0.05) is 19.1 Å². The molecule has 1 aliphatic heterocycles. The summed E-state index contributed by atoms with van der Waals surface area (Å²) in [5, 5.41) is 2.68. The Morgan fingerprint density at radius 3 is 2.47 bits per heavy atom.